The highest BCUT2D eigenvalue weighted by molar-refractivity contribution is 9.15. The summed E-state index contributed by atoms with van der Waals surface area (Å²) in [6.45, 7) is 9.50. The molecule has 0 N–H and O–H groups in total. The van der Waals surface area contributed by atoms with Gasteiger partial charge in [-0.3, -0.25) is 0 Å². The number of esters is 2. The molecule has 0 radical (unpaired) electrons. The zero-order chi connectivity index (χ0) is 29.9. The molecule has 1 aromatic rings. The van der Waals surface area contributed by atoms with E-state index in [9.17, 15) is 9.59 Å². The lowest BCUT2D eigenvalue weighted by atomic mass is 9.96. The quantitative estimate of drug-likeness (QED) is 0.0506. The maximum atomic E-state index is 13.5. The molecule has 0 aliphatic rings. The zero-order valence-corrected chi connectivity index (χ0v) is 31.4. The summed E-state index contributed by atoms with van der Waals surface area (Å²) in [6.07, 6.45) is 18.2. The van der Waals surface area contributed by atoms with Crippen LogP contribution in [0.15, 0.2) is 17.9 Å². The van der Waals surface area contributed by atoms with Crippen molar-refractivity contribution in [3.8, 4) is 0 Å². The van der Waals surface area contributed by atoms with Crippen LogP contribution in [0.2, 0.25) is 0 Å². The fourth-order valence-corrected chi connectivity index (χ4v) is 7.32. The van der Waals surface area contributed by atoms with Crippen LogP contribution in [0.1, 0.15) is 151 Å². The highest BCUT2D eigenvalue weighted by atomic mass is 79.9. The van der Waals surface area contributed by atoms with Gasteiger partial charge < -0.3 is 9.47 Å². The Morgan fingerprint density at radius 3 is 1.15 bits per heavy atom. The summed E-state index contributed by atoms with van der Waals surface area (Å²) in [4.78, 5) is 27.1. The SMILES string of the molecule is CCCCCCC(CCCC)COC(=O)c1c(Br)c(Br)c(Br)c(Br)c1C(=O)OCC(CCCC)CCCCCC. The summed E-state index contributed by atoms with van der Waals surface area (Å²) < 4.78 is 14.0. The first-order valence-electron chi connectivity index (χ1n) is 15.4. The minimum atomic E-state index is -0.509. The number of rotatable bonds is 22. The Hall–Kier alpha value is 0.0800. The lowest BCUT2D eigenvalue weighted by molar-refractivity contribution is 0.0374. The summed E-state index contributed by atoms with van der Waals surface area (Å²) in [5.41, 5.74) is 0.389. The van der Waals surface area contributed by atoms with Gasteiger partial charge in [0.05, 0.1) is 24.3 Å². The van der Waals surface area contributed by atoms with Crippen LogP contribution >= 0.6 is 63.7 Å². The normalized spacial score (nSPS) is 12.8. The number of carbonyl (C=O) groups is 2. The molecule has 0 heterocycles. The maximum absolute atomic E-state index is 13.5. The Balaban J connectivity index is 3.09. The van der Waals surface area contributed by atoms with Gasteiger partial charge in [0.2, 0.25) is 0 Å². The average molecular weight is 818 g/mol. The van der Waals surface area contributed by atoms with Gasteiger partial charge in [0.1, 0.15) is 0 Å². The van der Waals surface area contributed by atoms with E-state index in [0.717, 1.165) is 64.2 Å². The molecule has 8 heteroatoms. The van der Waals surface area contributed by atoms with E-state index in [4.69, 9.17) is 9.47 Å². The first-order valence-corrected chi connectivity index (χ1v) is 18.6. The molecule has 1 aromatic carbocycles. The summed E-state index contributed by atoms with van der Waals surface area (Å²) in [7, 11) is 0. The second-order valence-corrected chi connectivity index (χ2v) is 14.1. The molecule has 1 rings (SSSR count). The lowest BCUT2D eigenvalue weighted by Gasteiger charge is -2.20. The average Bonchev–Trinajstić information content (AvgIpc) is 2.95. The number of unbranched alkanes of at least 4 members (excludes halogenated alkanes) is 8. The van der Waals surface area contributed by atoms with E-state index in [1.54, 1.807) is 0 Å². The lowest BCUT2D eigenvalue weighted by Crippen LogP contribution is -2.21. The second kappa shape index (κ2) is 22.6. The highest BCUT2D eigenvalue weighted by Crippen LogP contribution is 2.43. The molecule has 2 atom stereocenters. The number of halogens is 4. The van der Waals surface area contributed by atoms with E-state index in [0.29, 0.717) is 42.9 Å². The van der Waals surface area contributed by atoms with Gasteiger partial charge in [-0.1, -0.05) is 105 Å². The molecule has 0 fully saturated rings. The highest BCUT2D eigenvalue weighted by Gasteiger charge is 2.31. The number of ether oxygens (including phenoxy) is 2. The minimum absolute atomic E-state index is 0.195. The van der Waals surface area contributed by atoms with Crippen LogP contribution in [0.25, 0.3) is 0 Å². The summed E-state index contributed by atoms with van der Waals surface area (Å²) in [5, 5.41) is 0. The molecule has 4 nitrogen and oxygen atoms in total. The van der Waals surface area contributed by atoms with E-state index in [1.165, 1.54) is 38.5 Å². The number of hydrogen-bond acceptors (Lipinski definition) is 4. The molecule has 0 bridgehead atoms. The summed E-state index contributed by atoms with van der Waals surface area (Å²) in [5.74, 6) is -0.372. The predicted octanol–water partition coefficient (Wildman–Crippen LogP) is 12.6. The van der Waals surface area contributed by atoms with Gasteiger partial charge in [-0.25, -0.2) is 9.59 Å². The van der Waals surface area contributed by atoms with Crippen molar-refractivity contribution >= 4 is 75.7 Å². The van der Waals surface area contributed by atoms with E-state index in [1.807, 2.05) is 0 Å². The fourth-order valence-electron chi connectivity index (χ4n) is 4.87. The third kappa shape index (κ3) is 13.6. The molecule has 40 heavy (non-hydrogen) atoms. The van der Waals surface area contributed by atoms with Crippen LogP contribution in [0.5, 0.6) is 0 Å². The first-order chi connectivity index (χ1) is 19.2. The molecule has 0 spiro atoms. The third-order valence-electron chi connectivity index (χ3n) is 7.44. The van der Waals surface area contributed by atoms with Crippen LogP contribution in [0.4, 0.5) is 0 Å². The van der Waals surface area contributed by atoms with E-state index in [2.05, 4.69) is 91.4 Å². The van der Waals surface area contributed by atoms with Crippen LogP contribution in [-0.2, 0) is 9.47 Å². The van der Waals surface area contributed by atoms with Crippen molar-refractivity contribution in [3.05, 3.63) is 29.0 Å². The Bertz CT molecular complexity index is 819. The number of benzene rings is 1. The largest absolute Gasteiger partial charge is 0.462 e. The van der Waals surface area contributed by atoms with Gasteiger partial charge in [0.25, 0.3) is 0 Å². The smallest absolute Gasteiger partial charge is 0.340 e. The van der Waals surface area contributed by atoms with E-state index >= 15 is 0 Å². The fraction of sp³-hybridized carbons (Fsp3) is 0.750. The van der Waals surface area contributed by atoms with Crippen molar-refractivity contribution in [3.63, 3.8) is 0 Å². The zero-order valence-electron chi connectivity index (χ0n) is 25.0. The van der Waals surface area contributed by atoms with Gasteiger partial charge in [0.15, 0.2) is 0 Å². The van der Waals surface area contributed by atoms with Gasteiger partial charge in [-0.2, -0.15) is 0 Å². The van der Waals surface area contributed by atoms with Crippen molar-refractivity contribution in [2.24, 2.45) is 11.8 Å². The predicted molar refractivity (Wildman–Crippen MR) is 181 cm³/mol. The molecule has 0 aliphatic carbocycles. The Morgan fingerprint density at radius 2 is 0.825 bits per heavy atom. The molecule has 0 saturated carbocycles. The Kier molecular flexibility index (Phi) is 21.5. The van der Waals surface area contributed by atoms with Crippen molar-refractivity contribution in [1.82, 2.24) is 0 Å². The number of carbonyl (C=O) groups excluding carboxylic acids is 2. The van der Waals surface area contributed by atoms with Crippen LogP contribution < -0.4 is 0 Å². The first kappa shape index (κ1) is 38.1. The van der Waals surface area contributed by atoms with Crippen molar-refractivity contribution in [2.45, 2.75) is 130 Å². The molecule has 230 valence electrons. The van der Waals surface area contributed by atoms with Gasteiger partial charge >= 0.3 is 11.9 Å². The summed E-state index contributed by atoms with van der Waals surface area (Å²) >= 11 is 14.2. The van der Waals surface area contributed by atoms with Crippen LogP contribution in [0, 0.1) is 11.8 Å². The molecular weight excluding hydrogens is 768 g/mol. The topological polar surface area (TPSA) is 52.6 Å². The Labute approximate surface area is 277 Å². The van der Waals surface area contributed by atoms with Crippen LogP contribution in [0.3, 0.4) is 0 Å². The van der Waals surface area contributed by atoms with Crippen molar-refractivity contribution in [2.75, 3.05) is 13.2 Å². The molecule has 0 aliphatic heterocycles. The van der Waals surface area contributed by atoms with Crippen molar-refractivity contribution < 1.29 is 19.1 Å². The molecule has 0 saturated heterocycles. The van der Waals surface area contributed by atoms with Gasteiger partial charge in [0, 0.05) is 17.9 Å². The standard InChI is InChI=1S/C32H50Br4O4/c1-5-9-13-15-19-23(17-11-7-3)21-39-31(37)25-26(28(34)30(36)29(35)27(25)33)32(38)40-22-24(18-12-8-4)20-16-14-10-6-2/h23-24H,5-22H2,1-4H3. The Morgan fingerprint density at radius 1 is 0.500 bits per heavy atom. The van der Waals surface area contributed by atoms with E-state index < -0.39 is 11.9 Å². The molecule has 0 aromatic heterocycles. The molecule has 2 unspecified atom stereocenters. The van der Waals surface area contributed by atoms with E-state index in [-0.39, 0.29) is 11.1 Å². The van der Waals surface area contributed by atoms with Crippen molar-refractivity contribution in [1.29, 1.82) is 0 Å². The maximum Gasteiger partial charge on any atom is 0.340 e. The summed E-state index contributed by atoms with van der Waals surface area (Å²) in [6, 6.07) is 0. The second-order valence-electron chi connectivity index (χ2n) is 10.9. The molecular formula is C32H50Br4O4. The molecule has 0 amide bonds. The van der Waals surface area contributed by atoms with Gasteiger partial charge in [-0.15, -0.1) is 0 Å². The van der Waals surface area contributed by atoms with Crippen LogP contribution in [-0.4, -0.2) is 25.2 Å². The minimum Gasteiger partial charge on any atom is -0.462 e. The van der Waals surface area contributed by atoms with Gasteiger partial charge in [-0.05, 0) is 101 Å². The number of hydrogen-bond donors (Lipinski definition) is 0. The third-order valence-corrected chi connectivity index (χ3v) is 12.2. The monoisotopic (exact) mass is 814 g/mol.